The van der Waals surface area contributed by atoms with E-state index in [0.717, 1.165) is 10.4 Å². The molecule has 1 amide bonds. The Hall–Kier alpha value is -2.97. The number of nitrogens with two attached hydrogens (primary N) is 1. The Kier molecular flexibility index (Phi) is 5.23. The van der Waals surface area contributed by atoms with Crippen molar-refractivity contribution in [3.63, 3.8) is 0 Å². The first-order valence-corrected chi connectivity index (χ1v) is 10.3. The number of halogens is 1. The first-order valence-electron chi connectivity index (χ1n) is 8.39. The van der Waals surface area contributed by atoms with Crippen LogP contribution in [0.25, 0.3) is 16.4 Å². The van der Waals surface area contributed by atoms with Crippen LogP contribution in [0.4, 0.5) is 4.39 Å². The maximum absolute atomic E-state index is 14.5. The Balaban J connectivity index is 1.67. The average Bonchev–Trinajstić information content (AvgIpc) is 3.37. The van der Waals surface area contributed by atoms with Gasteiger partial charge in [-0.25, -0.2) is 4.39 Å². The van der Waals surface area contributed by atoms with Crippen LogP contribution in [0.3, 0.4) is 0 Å². The summed E-state index contributed by atoms with van der Waals surface area (Å²) in [7, 11) is 0. The second-order valence-electron chi connectivity index (χ2n) is 5.92. The van der Waals surface area contributed by atoms with E-state index in [-0.39, 0.29) is 5.82 Å². The summed E-state index contributed by atoms with van der Waals surface area (Å²) in [5, 5.41) is 11.1. The smallest absolute Gasteiger partial charge is 0.248 e. The van der Waals surface area contributed by atoms with E-state index in [2.05, 4.69) is 10.2 Å². The molecule has 0 radical (unpaired) electrons. The van der Waals surface area contributed by atoms with Gasteiger partial charge in [0.05, 0.1) is 10.6 Å². The second-order valence-corrected chi connectivity index (χ2v) is 7.81. The molecule has 5 nitrogen and oxygen atoms in total. The lowest BCUT2D eigenvalue weighted by Crippen LogP contribution is -2.10. The minimum absolute atomic E-state index is 0.340. The van der Waals surface area contributed by atoms with E-state index < -0.39 is 5.91 Å². The molecular formula is C20H15FN4OS2. The van der Waals surface area contributed by atoms with Gasteiger partial charge in [-0.3, -0.25) is 9.36 Å². The summed E-state index contributed by atoms with van der Waals surface area (Å²) >= 11 is 2.97. The van der Waals surface area contributed by atoms with Crippen molar-refractivity contribution in [3.8, 4) is 16.4 Å². The molecule has 0 spiro atoms. The largest absolute Gasteiger partial charge is 0.366 e. The van der Waals surface area contributed by atoms with E-state index in [0.29, 0.717) is 28.0 Å². The summed E-state index contributed by atoms with van der Waals surface area (Å²) < 4.78 is 16.3. The van der Waals surface area contributed by atoms with Gasteiger partial charge in [-0.2, -0.15) is 0 Å². The highest BCUT2D eigenvalue weighted by Crippen LogP contribution is 2.32. The van der Waals surface area contributed by atoms with Gasteiger partial charge < -0.3 is 5.73 Å². The molecule has 0 unspecified atom stereocenters. The van der Waals surface area contributed by atoms with Crippen molar-refractivity contribution in [2.24, 2.45) is 5.73 Å². The molecule has 0 fully saturated rings. The molecule has 2 N–H and O–H groups in total. The maximum Gasteiger partial charge on any atom is 0.248 e. The average molecular weight is 410 g/mol. The van der Waals surface area contributed by atoms with Crippen molar-refractivity contribution in [2.75, 3.05) is 0 Å². The molecule has 8 heteroatoms. The van der Waals surface area contributed by atoms with E-state index in [1.54, 1.807) is 34.9 Å². The number of nitrogens with zero attached hydrogens (tertiary/aromatic N) is 3. The van der Waals surface area contributed by atoms with Gasteiger partial charge in [-0.1, -0.05) is 42.1 Å². The molecule has 2 aromatic carbocycles. The first kappa shape index (κ1) is 18.4. The minimum Gasteiger partial charge on any atom is -0.366 e. The lowest BCUT2D eigenvalue weighted by Gasteiger charge is -2.10. The molecule has 0 saturated heterocycles. The zero-order chi connectivity index (χ0) is 19.5. The highest BCUT2D eigenvalue weighted by Gasteiger charge is 2.19. The van der Waals surface area contributed by atoms with Crippen molar-refractivity contribution in [2.45, 2.75) is 10.9 Å². The molecule has 4 rings (SSSR count). The zero-order valence-electron chi connectivity index (χ0n) is 14.6. The Bertz CT molecular complexity index is 1110. The quantitative estimate of drug-likeness (QED) is 0.474. The molecular weight excluding hydrogens is 395 g/mol. The number of hydrogen-bond donors (Lipinski definition) is 1. The molecule has 140 valence electrons. The van der Waals surface area contributed by atoms with Crippen molar-refractivity contribution < 1.29 is 9.18 Å². The van der Waals surface area contributed by atoms with Crippen molar-refractivity contribution in [1.29, 1.82) is 0 Å². The Morgan fingerprint density at radius 1 is 1.07 bits per heavy atom. The molecule has 0 aliphatic carbocycles. The fourth-order valence-corrected chi connectivity index (χ4v) is 4.29. The highest BCUT2D eigenvalue weighted by molar-refractivity contribution is 7.98. The van der Waals surface area contributed by atoms with Gasteiger partial charge in [-0.05, 0) is 41.3 Å². The van der Waals surface area contributed by atoms with Crippen LogP contribution in [0.15, 0.2) is 71.2 Å². The minimum atomic E-state index is -0.459. The van der Waals surface area contributed by atoms with Crippen LogP contribution < -0.4 is 5.73 Å². The Morgan fingerprint density at radius 2 is 1.86 bits per heavy atom. The molecule has 2 heterocycles. The van der Waals surface area contributed by atoms with Gasteiger partial charge >= 0.3 is 0 Å². The number of benzene rings is 2. The number of thiophene rings is 1. The molecule has 0 atom stereocenters. The number of aromatic nitrogens is 3. The fourth-order valence-electron chi connectivity index (χ4n) is 2.69. The van der Waals surface area contributed by atoms with Gasteiger partial charge in [0, 0.05) is 11.3 Å². The van der Waals surface area contributed by atoms with E-state index in [1.807, 2.05) is 29.6 Å². The number of para-hydroxylation sites is 1. The van der Waals surface area contributed by atoms with E-state index in [1.165, 1.54) is 29.2 Å². The SMILES string of the molecule is NC(=O)c1ccc(CSc2nnc(-c3cccs3)n2-c2ccccc2F)cc1. The number of hydrogen-bond acceptors (Lipinski definition) is 5. The zero-order valence-corrected chi connectivity index (χ0v) is 16.2. The van der Waals surface area contributed by atoms with Crippen LogP contribution in [0, 0.1) is 5.82 Å². The van der Waals surface area contributed by atoms with E-state index in [9.17, 15) is 9.18 Å². The standard InChI is InChI=1S/C20H15FN4OS2/c21-15-4-1-2-5-16(15)25-19(17-6-3-11-27-17)23-24-20(25)28-12-13-7-9-14(10-8-13)18(22)26/h1-11H,12H2,(H2,22,26). The van der Waals surface area contributed by atoms with Crippen LogP contribution in [-0.4, -0.2) is 20.7 Å². The first-order chi connectivity index (χ1) is 13.6. The molecule has 0 aliphatic rings. The third kappa shape index (κ3) is 3.69. The van der Waals surface area contributed by atoms with Crippen LogP contribution in [0.5, 0.6) is 0 Å². The summed E-state index contributed by atoms with van der Waals surface area (Å²) in [5.41, 5.74) is 7.14. The summed E-state index contributed by atoms with van der Waals surface area (Å²) in [6.45, 7) is 0. The number of carbonyl (C=O) groups is 1. The predicted octanol–water partition coefficient (Wildman–Crippen LogP) is 4.53. The number of carbonyl (C=O) groups excluding carboxylic acids is 1. The second kappa shape index (κ2) is 7.95. The summed E-state index contributed by atoms with van der Waals surface area (Å²) in [6, 6.07) is 17.5. The lowest BCUT2D eigenvalue weighted by molar-refractivity contribution is 0.100. The van der Waals surface area contributed by atoms with Crippen molar-refractivity contribution >= 4 is 29.0 Å². The highest BCUT2D eigenvalue weighted by atomic mass is 32.2. The van der Waals surface area contributed by atoms with Gasteiger partial charge in [0.1, 0.15) is 5.82 Å². The Morgan fingerprint density at radius 3 is 2.54 bits per heavy atom. The number of amides is 1. The molecule has 2 aromatic heterocycles. The van der Waals surface area contributed by atoms with E-state index >= 15 is 0 Å². The monoisotopic (exact) mass is 410 g/mol. The number of rotatable bonds is 6. The van der Waals surface area contributed by atoms with Gasteiger partial charge in [0.2, 0.25) is 5.91 Å². The van der Waals surface area contributed by atoms with Crippen LogP contribution >= 0.6 is 23.1 Å². The fraction of sp³-hybridized carbons (Fsp3) is 0.0500. The third-order valence-electron chi connectivity index (χ3n) is 4.07. The lowest BCUT2D eigenvalue weighted by atomic mass is 10.1. The van der Waals surface area contributed by atoms with Crippen LogP contribution in [0.2, 0.25) is 0 Å². The number of thioether (sulfide) groups is 1. The summed E-state index contributed by atoms with van der Waals surface area (Å²) in [4.78, 5) is 12.1. The summed E-state index contributed by atoms with van der Waals surface area (Å²) in [5.74, 6) is 0.398. The third-order valence-corrected chi connectivity index (χ3v) is 5.94. The van der Waals surface area contributed by atoms with E-state index in [4.69, 9.17) is 5.73 Å². The van der Waals surface area contributed by atoms with Crippen molar-refractivity contribution in [1.82, 2.24) is 14.8 Å². The topological polar surface area (TPSA) is 73.8 Å². The van der Waals surface area contributed by atoms with Crippen LogP contribution in [-0.2, 0) is 5.75 Å². The molecule has 0 aliphatic heterocycles. The van der Waals surface area contributed by atoms with Crippen molar-refractivity contribution in [3.05, 3.63) is 83.0 Å². The van der Waals surface area contributed by atoms with Gasteiger partial charge in [0.25, 0.3) is 0 Å². The summed E-state index contributed by atoms with van der Waals surface area (Å²) in [6.07, 6.45) is 0. The predicted molar refractivity (Wildman–Crippen MR) is 109 cm³/mol. The Labute approximate surface area is 169 Å². The molecule has 0 bridgehead atoms. The number of primary amides is 1. The van der Waals surface area contributed by atoms with Crippen LogP contribution in [0.1, 0.15) is 15.9 Å². The molecule has 28 heavy (non-hydrogen) atoms. The van der Waals surface area contributed by atoms with Gasteiger partial charge in [0.15, 0.2) is 11.0 Å². The normalized spacial score (nSPS) is 10.9. The molecule has 4 aromatic rings. The molecule has 0 saturated carbocycles. The van der Waals surface area contributed by atoms with Gasteiger partial charge in [-0.15, -0.1) is 21.5 Å². The maximum atomic E-state index is 14.5.